The molecule has 4 rings (SSSR count). The number of fused-ring (bicyclic) bond motifs is 1. The van der Waals surface area contributed by atoms with E-state index >= 15 is 0 Å². The molecule has 3 N–H and O–H groups in total. The molecule has 29 heavy (non-hydrogen) atoms. The van der Waals surface area contributed by atoms with Crippen LogP contribution < -0.4 is 20.5 Å². The van der Waals surface area contributed by atoms with Gasteiger partial charge in [0.05, 0.1) is 18.7 Å². The highest BCUT2D eigenvalue weighted by Gasteiger charge is 2.22. The number of hydrogen-bond acceptors (Lipinski definition) is 6. The number of nitrogens with zero attached hydrogens (tertiary/aromatic N) is 2. The summed E-state index contributed by atoms with van der Waals surface area (Å²) in [6.45, 7) is 0. The number of benzene rings is 2. The fraction of sp³-hybridized carbons (Fsp3) is 0.304. The van der Waals surface area contributed by atoms with Crippen molar-refractivity contribution in [1.29, 1.82) is 0 Å². The minimum atomic E-state index is 0.134. The second kappa shape index (κ2) is 8.38. The summed E-state index contributed by atoms with van der Waals surface area (Å²) in [7, 11) is 1.64. The zero-order valence-electron chi connectivity index (χ0n) is 16.4. The predicted molar refractivity (Wildman–Crippen MR) is 115 cm³/mol. The molecule has 2 aromatic carbocycles. The van der Waals surface area contributed by atoms with E-state index in [1.165, 1.54) is 6.33 Å². The number of nitrogens with two attached hydrogens (primary N) is 1. The standard InChI is InChI=1S/C23H24N4O2/c1-3-15-5-4-6-17(11-15)27-23-19-12-22(29-18-9-7-16(24)8-10-18)21(28-2)13-20(19)25-14-26-23/h1,4-6,11-14,16,18H,7-10,24H2,2H3,(H,25,26,27)/t16-,18-. The van der Waals surface area contributed by atoms with Crippen LogP contribution in [0.4, 0.5) is 11.5 Å². The van der Waals surface area contributed by atoms with Crippen molar-refractivity contribution in [2.24, 2.45) is 5.73 Å². The summed E-state index contributed by atoms with van der Waals surface area (Å²) in [4.78, 5) is 8.81. The van der Waals surface area contributed by atoms with E-state index in [2.05, 4.69) is 21.2 Å². The fourth-order valence-electron chi connectivity index (χ4n) is 3.62. The molecule has 1 aliphatic rings. The molecule has 1 aromatic heterocycles. The van der Waals surface area contributed by atoms with E-state index in [9.17, 15) is 0 Å². The maximum atomic E-state index is 6.29. The number of methoxy groups -OCH3 is 1. The van der Waals surface area contributed by atoms with Crippen molar-refractivity contribution >= 4 is 22.4 Å². The molecule has 0 bridgehead atoms. The smallest absolute Gasteiger partial charge is 0.162 e. The lowest BCUT2D eigenvalue weighted by Gasteiger charge is -2.27. The topological polar surface area (TPSA) is 82.3 Å². The predicted octanol–water partition coefficient (Wildman–Crippen LogP) is 4.01. The number of aromatic nitrogens is 2. The van der Waals surface area contributed by atoms with Crippen LogP contribution in [0.5, 0.6) is 11.5 Å². The Bertz CT molecular complexity index is 1050. The lowest BCUT2D eigenvalue weighted by Crippen LogP contribution is -2.31. The number of terminal acetylenes is 1. The third-order valence-corrected chi connectivity index (χ3v) is 5.23. The van der Waals surface area contributed by atoms with Crippen LogP contribution in [0.15, 0.2) is 42.7 Å². The minimum absolute atomic E-state index is 0.134. The molecule has 0 unspecified atom stereocenters. The summed E-state index contributed by atoms with van der Waals surface area (Å²) in [5, 5.41) is 4.19. The van der Waals surface area contributed by atoms with Crippen LogP contribution in [0.1, 0.15) is 31.2 Å². The summed E-state index contributed by atoms with van der Waals surface area (Å²) in [5.74, 6) is 4.68. The quantitative estimate of drug-likeness (QED) is 0.643. The summed E-state index contributed by atoms with van der Waals surface area (Å²) >= 11 is 0. The van der Waals surface area contributed by atoms with E-state index in [1.807, 2.05) is 36.4 Å². The van der Waals surface area contributed by atoms with E-state index in [1.54, 1.807) is 7.11 Å². The molecule has 6 heteroatoms. The van der Waals surface area contributed by atoms with Crippen molar-refractivity contribution in [3.05, 3.63) is 48.3 Å². The van der Waals surface area contributed by atoms with Gasteiger partial charge in [-0.1, -0.05) is 12.0 Å². The van der Waals surface area contributed by atoms with Crippen molar-refractivity contribution in [1.82, 2.24) is 9.97 Å². The zero-order chi connectivity index (χ0) is 20.2. The Hall–Kier alpha value is -3.30. The van der Waals surface area contributed by atoms with Crippen LogP contribution in [0.25, 0.3) is 10.9 Å². The van der Waals surface area contributed by atoms with Gasteiger partial charge in [-0.3, -0.25) is 0 Å². The third-order valence-electron chi connectivity index (χ3n) is 5.23. The first-order valence-electron chi connectivity index (χ1n) is 9.75. The van der Waals surface area contributed by atoms with Crippen LogP contribution in [-0.2, 0) is 0 Å². The van der Waals surface area contributed by atoms with Gasteiger partial charge in [0.15, 0.2) is 11.5 Å². The maximum Gasteiger partial charge on any atom is 0.162 e. The molecule has 6 nitrogen and oxygen atoms in total. The lowest BCUT2D eigenvalue weighted by molar-refractivity contribution is 0.142. The van der Waals surface area contributed by atoms with Gasteiger partial charge in [-0.2, -0.15) is 0 Å². The highest BCUT2D eigenvalue weighted by Crippen LogP contribution is 2.36. The molecule has 0 saturated heterocycles. The van der Waals surface area contributed by atoms with E-state index in [0.29, 0.717) is 17.3 Å². The van der Waals surface area contributed by atoms with Crippen molar-refractivity contribution in [3.63, 3.8) is 0 Å². The first-order valence-corrected chi connectivity index (χ1v) is 9.75. The monoisotopic (exact) mass is 388 g/mol. The van der Waals surface area contributed by atoms with Gasteiger partial charge in [-0.15, -0.1) is 6.42 Å². The van der Waals surface area contributed by atoms with E-state index in [0.717, 1.165) is 47.8 Å². The van der Waals surface area contributed by atoms with Gasteiger partial charge in [0.1, 0.15) is 12.1 Å². The summed E-state index contributed by atoms with van der Waals surface area (Å²) < 4.78 is 11.8. The second-order valence-electron chi connectivity index (χ2n) is 7.25. The highest BCUT2D eigenvalue weighted by molar-refractivity contribution is 5.93. The number of rotatable bonds is 5. The Morgan fingerprint density at radius 1 is 1.10 bits per heavy atom. The molecule has 1 heterocycles. The average molecular weight is 388 g/mol. The molecule has 1 aliphatic carbocycles. The SMILES string of the molecule is C#Cc1cccc(Nc2ncnc3cc(OC)c(O[C@H]4CC[C@H](N)CC4)cc23)c1. The fourth-order valence-corrected chi connectivity index (χ4v) is 3.62. The van der Waals surface area contributed by atoms with E-state index in [-0.39, 0.29) is 12.1 Å². The Morgan fingerprint density at radius 3 is 2.69 bits per heavy atom. The number of nitrogens with one attached hydrogen (secondary N) is 1. The summed E-state index contributed by atoms with van der Waals surface area (Å²) in [5.41, 5.74) is 8.45. The molecular weight excluding hydrogens is 364 g/mol. The second-order valence-corrected chi connectivity index (χ2v) is 7.25. The third kappa shape index (κ3) is 4.25. The van der Waals surface area contributed by atoms with Gasteiger partial charge < -0.3 is 20.5 Å². The van der Waals surface area contributed by atoms with Gasteiger partial charge in [0, 0.05) is 28.7 Å². The van der Waals surface area contributed by atoms with Gasteiger partial charge in [-0.25, -0.2) is 9.97 Å². The first-order chi connectivity index (χ1) is 14.2. The van der Waals surface area contributed by atoms with Crippen LogP contribution in [-0.4, -0.2) is 29.2 Å². The Morgan fingerprint density at radius 2 is 1.93 bits per heavy atom. The number of anilines is 2. The molecule has 0 atom stereocenters. The Labute approximate surface area is 170 Å². The zero-order valence-corrected chi connectivity index (χ0v) is 16.4. The van der Waals surface area contributed by atoms with Crippen molar-refractivity contribution in [2.75, 3.05) is 12.4 Å². The van der Waals surface area contributed by atoms with Crippen molar-refractivity contribution in [3.8, 4) is 23.8 Å². The normalized spacial score (nSPS) is 18.8. The number of hydrogen-bond donors (Lipinski definition) is 2. The molecule has 3 aromatic rings. The molecule has 148 valence electrons. The highest BCUT2D eigenvalue weighted by atomic mass is 16.5. The molecule has 0 amide bonds. The van der Waals surface area contributed by atoms with Crippen LogP contribution >= 0.6 is 0 Å². The molecular formula is C23H24N4O2. The molecule has 0 radical (unpaired) electrons. The lowest BCUT2D eigenvalue weighted by atomic mass is 9.94. The van der Waals surface area contributed by atoms with Crippen molar-refractivity contribution in [2.45, 2.75) is 37.8 Å². The van der Waals surface area contributed by atoms with E-state index < -0.39 is 0 Å². The van der Waals surface area contributed by atoms with Gasteiger partial charge in [0.25, 0.3) is 0 Å². The van der Waals surface area contributed by atoms with Crippen LogP contribution in [0, 0.1) is 12.3 Å². The van der Waals surface area contributed by atoms with Gasteiger partial charge in [-0.05, 0) is 49.9 Å². The molecule has 0 spiro atoms. The summed E-state index contributed by atoms with van der Waals surface area (Å²) in [6.07, 6.45) is 11.0. The van der Waals surface area contributed by atoms with Gasteiger partial charge in [0.2, 0.25) is 0 Å². The van der Waals surface area contributed by atoms with Gasteiger partial charge >= 0.3 is 0 Å². The minimum Gasteiger partial charge on any atom is -0.493 e. The van der Waals surface area contributed by atoms with E-state index in [4.69, 9.17) is 21.6 Å². The van der Waals surface area contributed by atoms with Crippen LogP contribution in [0.2, 0.25) is 0 Å². The first kappa shape index (κ1) is 19.0. The molecule has 1 fully saturated rings. The largest absolute Gasteiger partial charge is 0.493 e. The van der Waals surface area contributed by atoms with Crippen LogP contribution in [0.3, 0.4) is 0 Å². The molecule has 1 saturated carbocycles. The number of ether oxygens (including phenoxy) is 2. The Balaban J connectivity index is 1.68. The summed E-state index contributed by atoms with van der Waals surface area (Å²) in [6, 6.07) is 11.7. The molecule has 0 aliphatic heterocycles. The van der Waals surface area contributed by atoms with Crippen molar-refractivity contribution < 1.29 is 9.47 Å². The maximum absolute atomic E-state index is 6.29. The average Bonchev–Trinajstić information content (AvgIpc) is 2.75. The Kier molecular flexibility index (Phi) is 5.50.